The van der Waals surface area contributed by atoms with Crippen molar-refractivity contribution in [1.29, 1.82) is 0 Å². The van der Waals surface area contributed by atoms with E-state index in [1.807, 2.05) is 18.2 Å². The van der Waals surface area contributed by atoms with Crippen molar-refractivity contribution in [3.8, 4) is 5.75 Å². The van der Waals surface area contributed by atoms with Crippen LogP contribution < -0.4 is 10.0 Å². The molecule has 1 aromatic rings. The Labute approximate surface area is 123 Å². The Morgan fingerprint density at radius 3 is 2.07 bits per heavy atom. The number of hydrogen-bond donors (Lipinski definition) is 1. The Balaban J connectivity index is -0.000000258. The maximum Gasteiger partial charge on any atom is 2.00 e. The third kappa shape index (κ3) is 10.4. The first-order chi connectivity index (χ1) is 6.84. The SMILES string of the molecule is C=CCc1ccccc1O.[B][O-].[B][O-].[Ca+2]. The molecule has 0 unspecified atom stereocenters. The summed E-state index contributed by atoms with van der Waals surface area (Å²) in [6.45, 7) is 3.59. The predicted octanol–water partition coefficient (Wildman–Crippen LogP) is -1.40. The molecule has 0 heterocycles. The summed E-state index contributed by atoms with van der Waals surface area (Å²) in [6.07, 6.45) is 2.50. The smallest absolute Gasteiger partial charge is 0.892 e. The van der Waals surface area contributed by atoms with Crippen LogP contribution >= 0.6 is 0 Å². The van der Waals surface area contributed by atoms with Crippen LogP contribution in [-0.4, -0.2) is 58.9 Å². The number of allylic oxidation sites excluding steroid dienone is 1. The first kappa shape index (κ1) is 20.5. The zero-order valence-corrected chi connectivity index (χ0v) is 10.6. The van der Waals surface area contributed by atoms with E-state index in [2.05, 4.69) is 22.7 Å². The molecule has 4 radical (unpaired) electrons. The molecule has 0 aliphatic rings. The molecule has 6 heteroatoms. The van der Waals surface area contributed by atoms with Crippen LogP contribution in [0.3, 0.4) is 0 Å². The number of phenols is 1. The maximum absolute atomic E-state index is 9.19. The van der Waals surface area contributed by atoms with Crippen LogP contribution in [0.2, 0.25) is 0 Å². The van der Waals surface area contributed by atoms with Crippen LogP contribution in [-0.2, 0) is 6.42 Å². The first-order valence-corrected chi connectivity index (χ1v) is 3.69. The largest absolute Gasteiger partial charge is 2.00 e. The standard InChI is InChI=1S/C9H10O.2BO.Ca/c1-2-5-8-6-3-4-7-9(8)10;2*1-2;/h2-4,6-7,10H,1,5H2;;;/q;2*-1;+2. The average molecular weight is 228 g/mol. The molecule has 0 aliphatic carbocycles. The molecule has 72 valence electrons. The Morgan fingerprint density at radius 1 is 1.20 bits per heavy atom. The molecule has 0 spiro atoms. The van der Waals surface area contributed by atoms with E-state index in [0.717, 1.165) is 12.0 Å². The Kier molecular flexibility index (Phi) is 22.5. The van der Waals surface area contributed by atoms with Crippen LogP contribution in [0.5, 0.6) is 5.75 Å². The van der Waals surface area contributed by atoms with E-state index < -0.39 is 0 Å². The van der Waals surface area contributed by atoms with Crippen LogP contribution in [0, 0.1) is 0 Å². The van der Waals surface area contributed by atoms with Crippen molar-refractivity contribution in [1.82, 2.24) is 0 Å². The van der Waals surface area contributed by atoms with Crippen LogP contribution in [0.25, 0.3) is 0 Å². The van der Waals surface area contributed by atoms with Gasteiger partial charge in [0.25, 0.3) is 0 Å². The number of rotatable bonds is 2. The van der Waals surface area contributed by atoms with Gasteiger partial charge in [-0.2, -0.15) is 0 Å². The van der Waals surface area contributed by atoms with E-state index in [4.69, 9.17) is 10.0 Å². The first-order valence-electron chi connectivity index (χ1n) is 3.69. The zero-order valence-electron chi connectivity index (χ0n) is 8.43. The van der Waals surface area contributed by atoms with E-state index in [9.17, 15) is 5.11 Å². The van der Waals surface area contributed by atoms with Crippen molar-refractivity contribution in [2.45, 2.75) is 6.42 Å². The van der Waals surface area contributed by atoms with Gasteiger partial charge in [-0.25, -0.2) is 0 Å². The molecule has 0 aliphatic heterocycles. The quantitative estimate of drug-likeness (QED) is 0.500. The fraction of sp³-hybridized carbons (Fsp3) is 0.111. The van der Waals surface area contributed by atoms with Crippen molar-refractivity contribution in [3.63, 3.8) is 0 Å². The van der Waals surface area contributed by atoms with Crippen molar-refractivity contribution in [3.05, 3.63) is 42.5 Å². The normalized spacial score (nSPS) is 6.80. The molecule has 0 bridgehead atoms. The Hall–Kier alpha value is 0.0696. The summed E-state index contributed by atoms with van der Waals surface area (Å²) in [4.78, 5) is 0. The summed E-state index contributed by atoms with van der Waals surface area (Å²) >= 11 is 0. The van der Waals surface area contributed by atoms with Gasteiger partial charge in [0.2, 0.25) is 0 Å². The molecule has 1 aromatic carbocycles. The monoisotopic (exact) mass is 228 g/mol. The number of hydrogen-bond acceptors (Lipinski definition) is 3. The summed E-state index contributed by atoms with van der Waals surface area (Å²) in [6, 6.07) is 7.27. The van der Waals surface area contributed by atoms with Crippen LogP contribution in [0.15, 0.2) is 36.9 Å². The molecule has 0 aromatic heterocycles. The van der Waals surface area contributed by atoms with Crippen LogP contribution in [0.1, 0.15) is 5.56 Å². The Bertz CT molecular complexity index is 247. The van der Waals surface area contributed by atoms with E-state index in [1.165, 1.54) is 0 Å². The predicted molar refractivity (Wildman–Crippen MR) is 59.3 cm³/mol. The molecular formula is C9H10B2CaO3. The second-order valence-electron chi connectivity index (χ2n) is 2.12. The number of para-hydroxylation sites is 1. The zero-order chi connectivity index (χ0) is 11.4. The molecule has 1 rings (SSSR count). The summed E-state index contributed by atoms with van der Waals surface area (Å²) < 4.78 is 0. The van der Waals surface area contributed by atoms with E-state index in [0.29, 0.717) is 5.75 Å². The topological polar surface area (TPSA) is 66.3 Å². The fourth-order valence-corrected chi connectivity index (χ4v) is 0.839. The fourth-order valence-electron chi connectivity index (χ4n) is 0.839. The minimum Gasteiger partial charge on any atom is -0.892 e. The van der Waals surface area contributed by atoms with Crippen molar-refractivity contribution in [2.24, 2.45) is 0 Å². The summed E-state index contributed by atoms with van der Waals surface area (Å²) in [5, 5.41) is 24.7. The van der Waals surface area contributed by atoms with Gasteiger partial charge in [-0.05, 0) is 18.1 Å². The van der Waals surface area contributed by atoms with Gasteiger partial charge < -0.3 is 15.2 Å². The maximum atomic E-state index is 9.19. The van der Waals surface area contributed by atoms with Gasteiger partial charge >= 0.3 is 37.7 Å². The van der Waals surface area contributed by atoms with Crippen molar-refractivity contribution < 1.29 is 15.2 Å². The summed E-state index contributed by atoms with van der Waals surface area (Å²) in [5.41, 5.74) is 0.928. The minimum absolute atomic E-state index is 0. The van der Waals surface area contributed by atoms with Gasteiger partial charge in [0.1, 0.15) is 5.75 Å². The molecule has 3 nitrogen and oxygen atoms in total. The van der Waals surface area contributed by atoms with Gasteiger partial charge in [0, 0.05) is 0 Å². The second kappa shape index (κ2) is 16.5. The van der Waals surface area contributed by atoms with E-state index in [1.54, 1.807) is 12.1 Å². The molecular weight excluding hydrogens is 218 g/mol. The third-order valence-corrected chi connectivity index (χ3v) is 1.36. The van der Waals surface area contributed by atoms with Gasteiger partial charge in [-0.15, -0.1) is 22.7 Å². The molecule has 0 amide bonds. The molecule has 15 heavy (non-hydrogen) atoms. The van der Waals surface area contributed by atoms with Gasteiger partial charge in [-0.3, -0.25) is 0 Å². The molecule has 0 saturated heterocycles. The van der Waals surface area contributed by atoms with Crippen LogP contribution in [0.4, 0.5) is 0 Å². The number of phenolic OH excluding ortho intramolecular Hbond substituents is 1. The summed E-state index contributed by atoms with van der Waals surface area (Å²) in [5.74, 6) is 0.349. The molecule has 0 fully saturated rings. The van der Waals surface area contributed by atoms with E-state index >= 15 is 0 Å². The van der Waals surface area contributed by atoms with Gasteiger partial charge in [0.05, 0.1) is 0 Å². The van der Waals surface area contributed by atoms with Gasteiger partial charge in [0.15, 0.2) is 0 Å². The summed E-state index contributed by atoms with van der Waals surface area (Å²) in [7, 11) is 6.50. The number of benzene rings is 1. The molecule has 0 atom stereocenters. The molecule has 1 N–H and O–H groups in total. The molecule has 0 saturated carbocycles. The third-order valence-electron chi connectivity index (χ3n) is 1.36. The number of aromatic hydroxyl groups is 1. The minimum atomic E-state index is 0. The van der Waals surface area contributed by atoms with E-state index in [-0.39, 0.29) is 37.7 Å². The Morgan fingerprint density at radius 2 is 1.67 bits per heavy atom. The average Bonchev–Trinajstić information content (AvgIpc) is 2.28. The van der Waals surface area contributed by atoms with Crippen molar-refractivity contribution in [2.75, 3.05) is 0 Å². The second-order valence-corrected chi connectivity index (χ2v) is 2.12. The van der Waals surface area contributed by atoms with Gasteiger partial charge in [-0.1, -0.05) is 24.3 Å². The van der Waals surface area contributed by atoms with Crippen molar-refractivity contribution >= 4 is 53.8 Å².